The summed E-state index contributed by atoms with van der Waals surface area (Å²) in [5.74, 6) is -1.12. The summed E-state index contributed by atoms with van der Waals surface area (Å²) in [6.07, 6.45) is 1.26. The number of rotatable bonds is 3. The summed E-state index contributed by atoms with van der Waals surface area (Å²) in [5, 5.41) is 2.50. The van der Waals surface area contributed by atoms with E-state index in [1.165, 1.54) is 36.5 Å². The van der Waals surface area contributed by atoms with Crippen LogP contribution in [0.3, 0.4) is 0 Å². The topological polar surface area (TPSA) is 88.0 Å². The number of carbonyl (C=O) groups excluding carboxylic acids is 1. The van der Waals surface area contributed by atoms with Gasteiger partial charge in [0, 0.05) is 12.3 Å². The molecule has 0 radical (unpaired) electrons. The van der Waals surface area contributed by atoms with E-state index in [2.05, 4.69) is 10.3 Å². The molecule has 2 aromatic rings. The first kappa shape index (κ1) is 13.9. The van der Waals surface area contributed by atoms with Gasteiger partial charge in [0.1, 0.15) is 10.8 Å². The highest BCUT2D eigenvalue weighted by atomic mass is 32.1. The third-order valence-corrected chi connectivity index (χ3v) is 2.76. The predicted molar refractivity (Wildman–Crippen MR) is 77.3 cm³/mol. The minimum absolute atomic E-state index is 0.0275. The second-order valence-electron chi connectivity index (χ2n) is 3.92. The van der Waals surface area contributed by atoms with Crippen LogP contribution in [0.4, 0.5) is 10.1 Å². The van der Waals surface area contributed by atoms with Gasteiger partial charge in [0.15, 0.2) is 0 Å². The molecule has 0 aliphatic rings. The molecule has 1 aromatic heterocycles. The Morgan fingerprint density at radius 1 is 1.30 bits per heavy atom. The highest BCUT2D eigenvalue weighted by molar-refractivity contribution is 7.80. The molecule has 0 unspecified atom stereocenters. The normalized spacial score (nSPS) is 10.1. The largest absolute Gasteiger partial charge is 0.389 e. The smallest absolute Gasteiger partial charge is 0.257 e. The van der Waals surface area contributed by atoms with E-state index >= 15 is 0 Å². The van der Waals surface area contributed by atoms with Gasteiger partial charge < -0.3 is 16.0 Å². The number of H-pyrrole nitrogens is 1. The highest BCUT2D eigenvalue weighted by Gasteiger charge is 2.14. The summed E-state index contributed by atoms with van der Waals surface area (Å²) < 4.78 is 13.6. The number of thiocarbonyl (C=S) groups is 1. The van der Waals surface area contributed by atoms with Gasteiger partial charge in [-0.3, -0.25) is 9.59 Å². The van der Waals surface area contributed by atoms with Crippen LogP contribution in [-0.2, 0) is 0 Å². The first-order chi connectivity index (χ1) is 9.49. The number of pyridine rings is 1. The quantitative estimate of drug-likeness (QED) is 0.746. The minimum Gasteiger partial charge on any atom is -0.389 e. The number of carbonyl (C=O) groups is 1. The lowest BCUT2D eigenvalue weighted by atomic mass is 10.1. The lowest BCUT2D eigenvalue weighted by molar-refractivity contribution is 0.102. The van der Waals surface area contributed by atoms with Crippen molar-refractivity contribution in [2.75, 3.05) is 5.32 Å². The summed E-state index contributed by atoms with van der Waals surface area (Å²) in [5.41, 5.74) is 5.49. The molecule has 20 heavy (non-hydrogen) atoms. The van der Waals surface area contributed by atoms with Crippen LogP contribution in [0.15, 0.2) is 41.3 Å². The van der Waals surface area contributed by atoms with Crippen molar-refractivity contribution < 1.29 is 9.18 Å². The van der Waals surface area contributed by atoms with Gasteiger partial charge in [0.2, 0.25) is 5.56 Å². The molecule has 0 fully saturated rings. The Morgan fingerprint density at radius 2 is 2.05 bits per heavy atom. The fraction of sp³-hybridized carbons (Fsp3) is 0. The summed E-state index contributed by atoms with van der Waals surface area (Å²) in [6, 6.07) is 6.69. The van der Waals surface area contributed by atoms with Crippen LogP contribution < -0.4 is 16.6 Å². The Kier molecular flexibility index (Phi) is 3.90. The van der Waals surface area contributed by atoms with E-state index in [0.717, 1.165) is 0 Å². The molecule has 0 aliphatic heterocycles. The summed E-state index contributed by atoms with van der Waals surface area (Å²) in [4.78, 5) is 25.1. The number of amides is 1. The lowest BCUT2D eigenvalue weighted by Gasteiger charge is -2.10. The maximum Gasteiger partial charge on any atom is 0.257 e. The zero-order chi connectivity index (χ0) is 14.7. The SMILES string of the molecule is NC(=S)c1c(F)cccc1NC(=O)c1ccc(=O)[nH]c1. The molecule has 2 rings (SSSR count). The van der Waals surface area contributed by atoms with E-state index in [1.54, 1.807) is 0 Å². The van der Waals surface area contributed by atoms with Crippen LogP contribution in [-0.4, -0.2) is 15.9 Å². The number of anilines is 1. The van der Waals surface area contributed by atoms with Gasteiger partial charge in [-0.1, -0.05) is 18.3 Å². The Hall–Kier alpha value is -2.54. The van der Waals surface area contributed by atoms with E-state index in [9.17, 15) is 14.0 Å². The molecule has 5 nitrogen and oxygen atoms in total. The maximum atomic E-state index is 13.6. The number of nitrogens with one attached hydrogen (secondary N) is 2. The van der Waals surface area contributed by atoms with Crippen LogP contribution in [0.25, 0.3) is 0 Å². The lowest BCUT2D eigenvalue weighted by Crippen LogP contribution is -2.19. The van der Waals surface area contributed by atoms with Crippen molar-refractivity contribution in [1.82, 2.24) is 4.98 Å². The predicted octanol–water partition coefficient (Wildman–Crippen LogP) is 1.40. The average Bonchev–Trinajstić information content (AvgIpc) is 2.39. The second kappa shape index (κ2) is 5.62. The van der Waals surface area contributed by atoms with Crippen LogP contribution >= 0.6 is 12.2 Å². The molecule has 1 heterocycles. The van der Waals surface area contributed by atoms with Gasteiger partial charge in [0.05, 0.1) is 16.8 Å². The van der Waals surface area contributed by atoms with E-state index < -0.39 is 11.7 Å². The van der Waals surface area contributed by atoms with Gasteiger partial charge in [-0.05, 0) is 18.2 Å². The molecule has 0 bridgehead atoms. The molecule has 0 spiro atoms. The molecule has 0 atom stereocenters. The molecular weight excluding hydrogens is 281 g/mol. The van der Waals surface area contributed by atoms with Crippen molar-refractivity contribution in [2.45, 2.75) is 0 Å². The van der Waals surface area contributed by atoms with Crippen molar-refractivity contribution in [3.63, 3.8) is 0 Å². The van der Waals surface area contributed by atoms with Crippen molar-refractivity contribution in [3.05, 3.63) is 63.8 Å². The van der Waals surface area contributed by atoms with Crippen LogP contribution in [0.2, 0.25) is 0 Å². The Labute approximate surface area is 118 Å². The van der Waals surface area contributed by atoms with Crippen LogP contribution in [0.5, 0.6) is 0 Å². The standard InChI is InChI=1S/C13H10FN3O2S/c14-8-2-1-3-9(11(8)12(15)20)17-13(19)7-4-5-10(18)16-6-7/h1-6H,(H2,15,20)(H,16,18)(H,17,19). The Bertz CT molecular complexity index is 722. The van der Waals surface area contributed by atoms with Crippen molar-refractivity contribution >= 4 is 28.8 Å². The van der Waals surface area contributed by atoms with E-state index in [0.29, 0.717) is 0 Å². The van der Waals surface area contributed by atoms with Gasteiger partial charge in [-0.25, -0.2) is 4.39 Å². The van der Waals surface area contributed by atoms with Crippen molar-refractivity contribution in [1.29, 1.82) is 0 Å². The molecule has 7 heteroatoms. The zero-order valence-electron chi connectivity index (χ0n) is 10.1. The Morgan fingerprint density at radius 3 is 2.65 bits per heavy atom. The summed E-state index contributed by atoms with van der Waals surface area (Å²) in [6.45, 7) is 0. The monoisotopic (exact) mass is 291 g/mol. The number of aromatic nitrogens is 1. The number of halogens is 1. The molecule has 0 saturated heterocycles. The van der Waals surface area contributed by atoms with Crippen LogP contribution in [0.1, 0.15) is 15.9 Å². The minimum atomic E-state index is -0.614. The van der Waals surface area contributed by atoms with Gasteiger partial charge in [0.25, 0.3) is 5.91 Å². The van der Waals surface area contributed by atoms with E-state index in [4.69, 9.17) is 18.0 Å². The summed E-state index contributed by atoms with van der Waals surface area (Å²) >= 11 is 4.76. The Balaban J connectivity index is 2.33. The molecule has 1 aromatic carbocycles. The zero-order valence-corrected chi connectivity index (χ0v) is 11.0. The van der Waals surface area contributed by atoms with Gasteiger partial charge >= 0.3 is 0 Å². The third-order valence-electron chi connectivity index (χ3n) is 2.55. The number of hydrogen-bond donors (Lipinski definition) is 3. The molecule has 1 amide bonds. The second-order valence-corrected chi connectivity index (χ2v) is 4.36. The first-order valence-corrected chi connectivity index (χ1v) is 5.98. The number of hydrogen-bond acceptors (Lipinski definition) is 3. The van der Waals surface area contributed by atoms with Gasteiger partial charge in [-0.2, -0.15) is 0 Å². The first-order valence-electron chi connectivity index (χ1n) is 5.57. The van der Waals surface area contributed by atoms with Crippen LogP contribution in [0, 0.1) is 5.82 Å². The number of aromatic amines is 1. The van der Waals surface area contributed by atoms with Gasteiger partial charge in [-0.15, -0.1) is 0 Å². The average molecular weight is 291 g/mol. The molecule has 4 N–H and O–H groups in total. The molecule has 0 aliphatic carbocycles. The number of benzene rings is 1. The van der Waals surface area contributed by atoms with E-state index in [-0.39, 0.29) is 27.4 Å². The fourth-order valence-corrected chi connectivity index (χ4v) is 1.83. The molecule has 102 valence electrons. The summed E-state index contributed by atoms with van der Waals surface area (Å²) in [7, 11) is 0. The van der Waals surface area contributed by atoms with Crippen molar-refractivity contribution in [2.24, 2.45) is 5.73 Å². The van der Waals surface area contributed by atoms with E-state index in [1.807, 2.05) is 0 Å². The third kappa shape index (κ3) is 2.89. The highest BCUT2D eigenvalue weighted by Crippen LogP contribution is 2.19. The molecule has 0 saturated carbocycles. The number of nitrogens with two attached hydrogens (primary N) is 1. The fourth-order valence-electron chi connectivity index (χ4n) is 1.63. The molecular formula is C13H10FN3O2S. The van der Waals surface area contributed by atoms with Crippen molar-refractivity contribution in [3.8, 4) is 0 Å². The maximum absolute atomic E-state index is 13.6.